The number of hydrogen-bond acceptors (Lipinski definition) is 5. The van der Waals surface area contributed by atoms with E-state index in [4.69, 9.17) is 4.74 Å². The van der Waals surface area contributed by atoms with Gasteiger partial charge in [-0.05, 0) is 30.3 Å². The summed E-state index contributed by atoms with van der Waals surface area (Å²) in [5.41, 5.74) is 0.234. The average Bonchev–Trinajstić information content (AvgIpc) is 2.67. The summed E-state index contributed by atoms with van der Waals surface area (Å²) in [6.07, 6.45) is 0.0864. The van der Waals surface area contributed by atoms with Crippen molar-refractivity contribution in [1.29, 1.82) is 0 Å². The van der Waals surface area contributed by atoms with Crippen LogP contribution in [-0.4, -0.2) is 28.5 Å². The fraction of sp³-hybridized carbons (Fsp3) is 0.158. The van der Waals surface area contributed by atoms with Gasteiger partial charge in [0.1, 0.15) is 11.6 Å². The fourth-order valence-corrected chi connectivity index (χ4v) is 2.80. The third-order valence-corrected chi connectivity index (χ3v) is 4.29. The second-order valence-corrected chi connectivity index (χ2v) is 6.78. The molecule has 0 saturated carbocycles. The SMILES string of the molecule is O=C(COC(=O)CCc1nc2ccccc2c(=O)[nH]1)Nc1ccc(Br)cc1F. The van der Waals surface area contributed by atoms with Crippen LogP contribution in [0, 0.1) is 5.82 Å². The van der Waals surface area contributed by atoms with E-state index in [-0.39, 0.29) is 24.1 Å². The molecule has 1 amide bonds. The standard InChI is InChI=1S/C19H15BrFN3O4/c20-11-5-6-15(13(21)9-11)23-17(25)10-28-18(26)8-7-16-22-14-4-2-1-3-12(14)19(27)24-16/h1-6,9H,7-8,10H2,(H,23,25)(H,22,24,27). The molecule has 0 saturated heterocycles. The molecule has 7 nitrogen and oxygen atoms in total. The third kappa shape index (κ3) is 5.01. The Balaban J connectivity index is 1.50. The molecule has 0 bridgehead atoms. The molecule has 1 heterocycles. The van der Waals surface area contributed by atoms with Gasteiger partial charge in [-0.25, -0.2) is 9.37 Å². The number of amides is 1. The topological polar surface area (TPSA) is 101 Å². The summed E-state index contributed by atoms with van der Waals surface area (Å²) in [7, 11) is 0. The van der Waals surface area contributed by atoms with Crippen LogP contribution in [0.2, 0.25) is 0 Å². The molecule has 0 atom stereocenters. The molecule has 1 aromatic heterocycles. The number of para-hydroxylation sites is 1. The molecule has 0 aliphatic carbocycles. The van der Waals surface area contributed by atoms with Gasteiger partial charge in [0.25, 0.3) is 11.5 Å². The number of fused-ring (bicyclic) bond motifs is 1. The number of rotatable bonds is 6. The van der Waals surface area contributed by atoms with Crippen molar-refractivity contribution in [1.82, 2.24) is 9.97 Å². The number of H-pyrrole nitrogens is 1. The molecule has 2 N–H and O–H groups in total. The summed E-state index contributed by atoms with van der Waals surface area (Å²) < 4.78 is 19.1. The fourth-order valence-electron chi connectivity index (χ4n) is 2.47. The van der Waals surface area contributed by atoms with Crippen molar-refractivity contribution >= 4 is 44.4 Å². The largest absolute Gasteiger partial charge is 0.456 e. The number of benzene rings is 2. The van der Waals surface area contributed by atoms with Gasteiger partial charge in [-0.1, -0.05) is 28.1 Å². The summed E-state index contributed by atoms with van der Waals surface area (Å²) in [5, 5.41) is 2.79. The number of nitrogens with zero attached hydrogens (tertiary/aromatic N) is 1. The zero-order valence-electron chi connectivity index (χ0n) is 14.5. The Kier molecular flexibility index (Phi) is 6.15. The zero-order valence-corrected chi connectivity index (χ0v) is 16.1. The highest BCUT2D eigenvalue weighted by Gasteiger charge is 2.12. The van der Waals surface area contributed by atoms with Crippen LogP contribution in [0.5, 0.6) is 0 Å². The number of ether oxygens (including phenoxy) is 1. The van der Waals surface area contributed by atoms with Gasteiger partial charge in [0, 0.05) is 10.9 Å². The van der Waals surface area contributed by atoms with E-state index in [0.29, 0.717) is 21.2 Å². The minimum absolute atomic E-state index is 0.0119. The zero-order chi connectivity index (χ0) is 20.1. The Labute approximate surface area is 167 Å². The molecule has 0 aliphatic heterocycles. The van der Waals surface area contributed by atoms with Crippen LogP contribution in [0.4, 0.5) is 10.1 Å². The second-order valence-electron chi connectivity index (χ2n) is 5.86. The van der Waals surface area contributed by atoms with Crippen molar-refractivity contribution in [2.75, 3.05) is 11.9 Å². The van der Waals surface area contributed by atoms with E-state index >= 15 is 0 Å². The predicted octanol–water partition coefficient (Wildman–Crippen LogP) is 2.94. The van der Waals surface area contributed by atoms with E-state index in [1.807, 2.05) is 0 Å². The smallest absolute Gasteiger partial charge is 0.306 e. The molecule has 0 fully saturated rings. The molecule has 28 heavy (non-hydrogen) atoms. The summed E-state index contributed by atoms with van der Waals surface area (Å²) >= 11 is 3.12. The first-order chi connectivity index (χ1) is 13.4. The maximum Gasteiger partial charge on any atom is 0.306 e. The lowest BCUT2D eigenvalue weighted by Gasteiger charge is -2.08. The lowest BCUT2D eigenvalue weighted by Crippen LogP contribution is -2.22. The monoisotopic (exact) mass is 447 g/mol. The van der Waals surface area contributed by atoms with Crippen molar-refractivity contribution < 1.29 is 18.7 Å². The Bertz CT molecular complexity index is 1100. The van der Waals surface area contributed by atoms with Crippen LogP contribution in [-0.2, 0) is 20.7 Å². The van der Waals surface area contributed by atoms with Crippen LogP contribution in [0.1, 0.15) is 12.2 Å². The summed E-state index contributed by atoms with van der Waals surface area (Å²) in [6.45, 7) is -0.546. The van der Waals surface area contributed by atoms with Crippen molar-refractivity contribution in [3.8, 4) is 0 Å². The van der Waals surface area contributed by atoms with Crippen LogP contribution in [0.3, 0.4) is 0 Å². The van der Waals surface area contributed by atoms with E-state index < -0.39 is 24.3 Å². The molecule has 2 aromatic carbocycles. The highest BCUT2D eigenvalue weighted by Crippen LogP contribution is 2.19. The van der Waals surface area contributed by atoms with Crippen molar-refractivity contribution in [3.63, 3.8) is 0 Å². The van der Waals surface area contributed by atoms with Crippen LogP contribution < -0.4 is 10.9 Å². The number of hydrogen-bond donors (Lipinski definition) is 2. The maximum atomic E-state index is 13.7. The van der Waals surface area contributed by atoms with Gasteiger partial charge in [-0.15, -0.1) is 0 Å². The molecule has 0 radical (unpaired) electrons. The van der Waals surface area contributed by atoms with E-state index in [9.17, 15) is 18.8 Å². The first-order valence-corrected chi connectivity index (χ1v) is 9.10. The maximum absolute atomic E-state index is 13.7. The number of anilines is 1. The van der Waals surface area contributed by atoms with Gasteiger partial charge in [-0.3, -0.25) is 14.4 Å². The molecule has 9 heteroatoms. The molecule has 144 valence electrons. The Morgan fingerprint density at radius 2 is 2.00 bits per heavy atom. The van der Waals surface area contributed by atoms with Crippen LogP contribution in [0.15, 0.2) is 51.7 Å². The number of halogens is 2. The van der Waals surface area contributed by atoms with Gasteiger partial charge in [0.15, 0.2) is 6.61 Å². The molecular formula is C19H15BrFN3O4. The van der Waals surface area contributed by atoms with Crippen molar-refractivity contribution in [3.05, 3.63) is 68.9 Å². The van der Waals surface area contributed by atoms with E-state index in [0.717, 1.165) is 0 Å². The second kappa shape index (κ2) is 8.75. The Hall–Kier alpha value is -3.07. The summed E-state index contributed by atoms with van der Waals surface area (Å²) in [5.74, 6) is -1.56. The van der Waals surface area contributed by atoms with Crippen LogP contribution in [0.25, 0.3) is 10.9 Å². The number of aryl methyl sites for hydroxylation is 1. The van der Waals surface area contributed by atoms with Crippen LogP contribution >= 0.6 is 15.9 Å². The van der Waals surface area contributed by atoms with Gasteiger partial charge >= 0.3 is 5.97 Å². The quantitative estimate of drug-likeness (QED) is 0.565. The number of nitrogens with one attached hydrogen (secondary N) is 2. The Morgan fingerprint density at radius 1 is 1.21 bits per heavy atom. The molecule has 0 aliphatic rings. The third-order valence-electron chi connectivity index (χ3n) is 3.80. The Morgan fingerprint density at radius 3 is 2.79 bits per heavy atom. The molecule has 3 rings (SSSR count). The van der Waals surface area contributed by atoms with Crippen molar-refractivity contribution in [2.45, 2.75) is 12.8 Å². The number of aromatic amines is 1. The molecule has 0 spiro atoms. The molecule has 0 unspecified atom stereocenters. The summed E-state index contributed by atoms with van der Waals surface area (Å²) in [6, 6.07) is 11.0. The van der Waals surface area contributed by atoms with E-state index in [1.165, 1.54) is 12.1 Å². The average molecular weight is 448 g/mol. The van der Waals surface area contributed by atoms with Crippen molar-refractivity contribution in [2.24, 2.45) is 0 Å². The highest BCUT2D eigenvalue weighted by molar-refractivity contribution is 9.10. The van der Waals surface area contributed by atoms with E-state index in [2.05, 4.69) is 31.2 Å². The summed E-state index contributed by atoms with van der Waals surface area (Å²) in [4.78, 5) is 42.5. The lowest BCUT2D eigenvalue weighted by atomic mass is 10.2. The molecule has 3 aromatic rings. The van der Waals surface area contributed by atoms with E-state index in [1.54, 1.807) is 30.3 Å². The molecular weight excluding hydrogens is 433 g/mol. The lowest BCUT2D eigenvalue weighted by molar-refractivity contribution is -0.147. The van der Waals surface area contributed by atoms with Gasteiger partial charge in [-0.2, -0.15) is 0 Å². The highest BCUT2D eigenvalue weighted by atomic mass is 79.9. The predicted molar refractivity (Wildman–Crippen MR) is 104 cm³/mol. The first kappa shape index (κ1) is 19.7. The van der Waals surface area contributed by atoms with Gasteiger partial charge in [0.05, 0.1) is 23.0 Å². The number of esters is 1. The number of carbonyl (C=O) groups excluding carboxylic acids is 2. The number of aromatic nitrogens is 2. The minimum atomic E-state index is -0.660. The van der Waals surface area contributed by atoms with Gasteiger partial charge in [0.2, 0.25) is 0 Å². The normalized spacial score (nSPS) is 10.6. The van der Waals surface area contributed by atoms with Gasteiger partial charge < -0.3 is 15.0 Å². The first-order valence-electron chi connectivity index (χ1n) is 8.31. The number of carbonyl (C=O) groups is 2. The minimum Gasteiger partial charge on any atom is -0.456 e.